The number of phenols is 1. The van der Waals surface area contributed by atoms with Gasteiger partial charge in [-0.25, -0.2) is 0 Å². The van der Waals surface area contributed by atoms with E-state index >= 15 is 0 Å². The Labute approximate surface area is 160 Å². The number of aromatic hydroxyl groups is 1. The molecule has 0 saturated carbocycles. The zero-order valence-corrected chi connectivity index (χ0v) is 16.2. The summed E-state index contributed by atoms with van der Waals surface area (Å²) in [5.74, 6) is -0.366. The molecule has 26 heavy (non-hydrogen) atoms. The van der Waals surface area contributed by atoms with E-state index < -0.39 is 0 Å². The highest BCUT2D eigenvalue weighted by molar-refractivity contribution is 9.10. The molecule has 1 heterocycles. The lowest BCUT2D eigenvalue weighted by Crippen LogP contribution is -2.23. The molecule has 0 aliphatic heterocycles. The molecule has 0 spiro atoms. The largest absolute Gasteiger partial charge is 0.507 e. The van der Waals surface area contributed by atoms with Crippen molar-refractivity contribution in [1.82, 2.24) is 15.1 Å². The van der Waals surface area contributed by atoms with Gasteiger partial charge in [0.2, 0.25) is 0 Å². The van der Waals surface area contributed by atoms with Gasteiger partial charge in [0.1, 0.15) is 5.75 Å². The van der Waals surface area contributed by atoms with E-state index in [1.54, 1.807) is 12.1 Å². The highest BCUT2D eigenvalue weighted by atomic mass is 79.9. The molecule has 3 aromatic rings. The summed E-state index contributed by atoms with van der Waals surface area (Å²) in [6.45, 7) is 4.99. The van der Waals surface area contributed by atoms with Crippen LogP contribution in [0.25, 0.3) is 0 Å². The minimum Gasteiger partial charge on any atom is -0.507 e. The number of nitrogens with one attached hydrogen (secondary N) is 1. The summed E-state index contributed by atoms with van der Waals surface area (Å²) < 4.78 is 2.67. The van der Waals surface area contributed by atoms with Crippen LogP contribution in [0.1, 0.15) is 32.9 Å². The van der Waals surface area contributed by atoms with Crippen molar-refractivity contribution in [3.63, 3.8) is 0 Å². The summed E-state index contributed by atoms with van der Waals surface area (Å²) >= 11 is 3.27. The smallest absolute Gasteiger partial charge is 0.255 e. The van der Waals surface area contributed by atoms with Gasteiger partial charge in [-0.15, -0.1) is 0 Å². The van der Waals surface area contributed by atoms with Crippen LogP contribution in [0.3, 0.4) is 0 Å². The van der Waals surface area contributed by atoms with E-state index in [0.29, 0.717) is 13.1 Å². The van der Waals surface area contributed by atoms with E-state index in [-0.39, 0.29) is 17.2 Å². The lowest BCUT2D eigenvalue weighted by Gasteiger charge is -2.08. The van der Waals surface area contributed by atoms with Gasteiger partial charge in [-0.2, -0.15) is 5.10 Å². The highest BCUT2D eigenvalue weighted by Gasteiger charge is 2.15. The average Bonchev–Trinajstić information content (AvgIpc) is 2.87. The Morgan fingerprint density at radius 1 is 1.19 bits per heavy atom. The number of rotatable bonds is 5. The molecule has 0 unspecified atom stereocenters. The van der Waals surface area contributed by atoms with Crippen molar-refractivity contribution in [2.45, 2.75) is 26.9 Å². The Morgan fingerprint density at radius 2 is 1.92 bits per heavy atom. The zero-order chi connectivity index (χ0) is 18.7. The van der Waals surface area contributed by atoms with Crippen LogP contribution in [0.15, 0.2) is 53.0 Å². The Balaban J connectivity index is 1.73. The van der Waals surface area contributed by atoms with Crippen LogP contribution < -0.4 is 5.32 Å². The lowest BCUT2D eigenvalue weighted by atomic mass is 10.1. The number of amides is 1. The number of nitrogens with zero attached hydrogens (tertiary/aromatic N) is 2. The highest BCUT2D eigenvalue weighted by Crippen LogP contribution is 2.22. The molecule has 0 radical (unpaired) electrons. The topological polar surface area (TPSA) is 67.2 Å². The number of phenolic OH excluding ortho intramolecular Hbond substituents is 1. The quantitative estimate of drug-likeness (QED) is 0.665. The molecule has 6 heteroatoms. The van der Waals surface area contributed by atoms with E-state index in [1.807, 2.05) is 36.7 Å². The molecule has 1 amide bonds. The molecule has 0 bridgehead atoms. The van der Waals surface area contributed by atoms with Crippen LogP contribution >= 0.6 is 15.9 Å². The number of carbonyl (C=O) groups excluding carboxylic acids is 1. The molecule has 134 valence electrons. The maximum Gasteiger partial charge on any atom is 0.255 e. The fourth-order valence-electron chi connectivity index (χ4n) is 2.86. The van der Waals surface area contributed by atoms with Gasteiger partial charge >= 0.3 is 0 Å². The first-order valence-corrected chi connectivity index (χ1v) is 9.08. The second-order valence-electron chi connectivity index (χ2n) is 6.14. The van der Waals surface area contributed by atoms with Gasteiger partial charge in [0.15, 0.2) is 0 Å². The Morgan fingerprint density at radius 3 is 2.62 bits per heavy atom. The predicted molar refractivity (Wildman–Crippen MR) is 104 cm³/mol. The van der Waals surface area contributed by atoms with Crippen molar-refractivity contribution in [3.05, 3.63) is 81.1 Å². The van der Waals surface area contributed by atoms with E-state index in [9.17, 15) is 9.90 Å². The van der Waals surface area contributed by atoms with Crippen LogP contribution in [0.5, 0.6) is 5.75 Å². The molecule has 0 fully saturated rings. The zero-order valence-electron chi connectivity index (χ0n) is 14.7. The minimum atomic E-state index is -0.315. The Bertz CT molecular complexity index is 936. The molecule has 0 aliphatic carbocycles. The Kier molecular flexibility index (Phi) is 5.42. The molecule has 0 aliphatic rings. The predicted octanol–water partition coefficient (Wildman–Crippen LogP) is 3.95. The van der Waals surface area contributed by atoms with Gasteiger partial charge < -0.3 is 10.4 Å². The third-order valence-corrected chi connectivity index (χ3v) is 4.83. The summed E-state index contributed by atoms with van der Waals surface area (Å²) in [5, 5.41) is 17.4. The van der Waals surface area contributed by atoms with Crippen molar-refractivity contribution in [1.29, 1.82) is 0 Å². The van der Waals surface area contributed by atoms with E-state index in [0.717, 1.165) is 21.4 Å². The SMILES string of the molecule is Cc1nn(Cc2ccccc2)c(C)c1CNC(=O)c1ccc(Br)cc1O. The lowest BCUT2D eigenvalue weighted by molar-refractivity contribution is 0.0948. The maximum atomic E-state index is 12.4. The first-order valence-electron chi connectivity index (χ1n) is 8.29. The molecule has 2 aromatic carbocycles. The van der Waals surface area contributed by atoms with Gasteiger partial charge in [-0.05, 0) is 37.6 Å². The molecule has 3 rings (SSSR count). The second kappa shape index (κ2) is 7.74. The van der Waals surface area contributed by atoms with Crippen LogP contribution in [-0.2, 0) is 13.1 Å². The third kappa shape index (κ3) is 3.96. The van der Waals surface area contributed by atoms with E-state index in [4.69, 9.17) is 0 Å². The number of aromatic nitrogens is 2. The molecule has 0 saturated heterocycles. The van der Waals surface area contributed by atoms with Gasteiger partial charge in [0.05, 0.1) is 17.8 Å². The molecule has 5 nitrogen and oxygen atoms in total. The molecular formula is C20H20BrN3O2. The standard InChI is InChI=1S/C20H20BrN3O2/c1-13-18(11-22-20(26)17-9-8-16(21)10-19(17)25)14(2)24(23-13)12-15-6-4-3-5-7-15/h3-10,25H,11-12H2,1-2H3,(H,22,26). The van der Waals surface area contributed by atoms with Gasteiger partial charge in [-0.1, -0.05) is 46.3 Å². The van der Waals surface area contributed by atoms with Crippen molar-refractivity contribution in [2.75, 3.05) is 0 Å². The first-order chi connectivity index (χ1) is 12.5. The summed E-state index contributed by atoms with van der Waals surface area (Å²) in [6, 6.07) is 14.9. The summed E-state index contributed by atoms with van der Waals surface area (Å²) in [6.07, 6.45) is 0. The van der Waals surface area contributed by atoms with Crippen molar-refractivity contribution in [3.8, 4) is 5.75 Å². The normalized spacial score (nSPS) is 10.7. The molecular weight excluding hydrogens is 394 g/mol. The molecule has 2 N–H and O–H groups in total. The third-order valence-electron chi connectivity index (χ3n) is 4.34. The van der Waals surface area contributed by atoms with Crippen LogP contribution in [0.4, 0.5) is 0 Å². The van der Waals surface area contributed by atoms with E-state index in [1.165, 1.54) is 11.6 Å². The van der Waals surface area contributed by atoms with Gasteiger partial charge in [0.25, 0.3) is 5.91 Å². The average molecular weight is 414 g/mol. The fourth-order valence-corrected chi connectivity index (χ4v) is 3.21. The van der Waals surface area contributed by atoms with Crippen LogP contribution in [0, 0.1) is 13.8 Å². The summed E-state index contributed by atoms with van der Waals surface area (Å²) in [7, 11) is 0. The van der Waals surface area contributed by atoms with Crippen molar-refractivity contribution < 1.29 is 9.90 Å². The number of carbonyl (C=O) groups is 1. The van der Waals surface area contributed by atoms with Crippen LogP contribution in [0.2, 0.25) is 0 Å². The summed E-state index contributed by atoms with van der Waals surface area (Å²) in [4.78, 5) is 12.4. The van der Waals surface area contributed by atoms with Gasteiger partial charge in [0, 0.05) is 22.3 Å². The maximum absolute atomic E-state index is 12.4. The monoisotopic (exact) mass is 413 g/mol. The van der Waals surface area contributed by atoms with Crippen molar-refractivity contribution >= 4 is 21.8 Å². The molecule has 0 atom stereocenters. The minimum absolute atomic E-state index is 0.0508. The van der Waals surface area contributed by atoms with E-state index in [2.05, 4.69) is 38.5 Å². The number of hydrogen-bond donors (Lipinski definition) is 2. The van der Waals surface area contributed by atoms with Gasteiger partial charge in [-0.3, -0.25) is 9.48 Å². The Hall–Kier alpha value is -2.60. The molecule has 1 aromatic heterocycles. The van der Waals surface area contributed by atoms with Crippen molar-refractivity contribution in [2.24, 2.45) is 0 Å². The number of benzene rings is 2. The number of hydrogen-bond acceptors (Lipinski definition) is 3. The second-order valence-corrected chi connectivity index (χ2v) is 7.05. The summed E-state index contributed by atoms with van der Waals surface area (Å²) in [5.41, 5.74) is 4.32. The fraction of sp³-hybridized carbons (Fsp3) is 0.200. The number of aryl methyl sites for hydroxylation is 1. The first kappa shape index (κ1) is 18.2. The number of halogens is 1. The van der Waals surface area contributed by atoms with Crippen LogP contribution in [-0.4, -0.2) is 20.8 Å².